The Kier molecular flexibility index (Phi) is 14.2. The van der Waals surface area contributed by atoms with E-state index in [1.165, 1.54) is 5.56 Å². The van der Waals surface area contributed by atoms with Crippen LogP contribution in [0.4, 0.5) is 0 Å². The highest BCUT2D eigenvalue weighted by Gasteiger charge is 2.49. The third-order valence-electron chi connectivity index (χ3n) is 10.4. The van der Waals surface area contributed by atoms with Gasteiger partial charge in [0.05, 0.1) is 6.10 Å². The fourth-order valence-electron chi connectivity index (χ4n) is 5.70. The number of carbonyl (C=O) groups is 1. The molecule has 1 saturated carbocycles. The van der Waals surface area contributed by atoms with Crippen LogP contribution < -0.4 is 0 Å². The summed E-state index contributed by atoms with van der Waals surface area (Å²) < 4.78 is 20.5. The van der Waals surface area contributed by atoms with Crippen molar-refractivity contribution in [2.75, 3.05) is 0 Å². The average Bonchev–Trinajstić information content (AvgIpc) is 3.19. The van der Waals surface area contributed by atoms with E-state index >= 15 is 0 Å². The second-order valence-corrected chi connectivity index (χ2v) is 25.3. The van der Waals surface area contributed by atoms with Crippen molar-refractivity contribution >= 4 is 22.6 Å². The number of aryl methyl sites for hydroxylation is 1. The first-order valence-corrected chi connectivity index (χ1v) is 22.5. The second kappa shape index (κ2) is 16.2. The van der Waals surface area contributed by atoms with Gasteiger partial charge in [0.1, 0.15) is 6.10 Å². The number of allylic oxidation sites excluding steroid dienone is 2. The molecule has 43 heavy (non-hydrogen) atoms. The van der Waals surface area contributed by atoms with Gasteiger partial charge in [0, 0.05) is 24.9 Å². The number of benzene rings is 1. The molecule has 5 atom stereocenters. The van der Waals surface area contributed by atoms with E-state index in [1.54, 1.807) is 0 Å². The lowest BCUT2D eigenvalue weighted by molar-refractivity contribution is -0.151. The molecule has 1 aliphatic carbocycles. The van der Waals surface area contributed by atoms with Gasteiger partial charge in [-0.05, 0) is 92.7 Å². The van der Waals surface area contributed by atoms with Crippen LogP contribution in [-0.2, 0) is 24.8 Å². The molecule has 0 saturated heterocycles. The molecule has 0 unspecified atom stereocenters. The zero-order valence-electron chi connectivity index (χ0n) is 29.3. The summed E-state index contributed by atoms with van der Waals surface area (Å²) in [5, 5.41) is 0.254. The van der Waals surface area contributed by atoms with Gasteiger partial charge in [0.15, 0.2) is 16.6 Å². The number of carbonyl (C=O) groups excluding carboxylic acids is 1. The van der Waals surface area contributed by atoms with Crippen molar-refractivity contribution < 1.29 is 18.4 Å². The number of esters is 1. The molecule has 0 aliphatic heterocycles. The lowest BCUT2D eigenvalue weighted by atomic mass is 9.85. The summed E-state index contributed by atoms with van der Waals surface area (Å²) in [5.74, 6) is 0.397. The highest BCUT2D eigenvalue weighted by atomic mass is 28.4. The topological polar surface area (TPSA) is 44.8 Å². The second-order valence-electron chi connectivity index (χ2n) is 15.8. The van der Waals surface area contributed by atoms with Crippen molar-refractivity contribution in [3.63, 3.8) is 0 Å². The molecular formula is C37H64O4Si2. The molecule has 1 aromatic rings. The van der Waals surface area contributed by atoms with E-state index < -0.39 is 16.6 Å². The Morgan fingerprint density at radius 2 is 1.53 bits per heavy atom. The lowest BCUT2D eigenvalue weighted by Gasteiger charge is -2.41. The molecule has 0 amide bonds. The first kappa shape index (κ1) is 37.7. The van der Waals surface area contributed by atoms with Crippen LogP contribution in [0.2, 0.25) is 36.3 Å². The van der Waals surface area contributed by atoms with Gasteiger partial charge >= 0.3 is 5.97 Å². The molecular weight excluding hydrogens is 565 g/mol. The van der Waals surface area contributed by atoms with Gasteiger partial charge in [-0.15, -0.1) is 13.2 Å². The Morgan fingerprint density at radius 3 is 2.09 bits per heavy atom. The van der Waals surface area contributed by atoms with Crippen LogP contribution >= 0.6 is 0 Å². The van der Waals surface area contributed by atoms with Crippen molar-refractivity contribution in [1.29, 1.82) is 0 Å². The smallest absolute Gasteiger partial charge is 0.306 e. The van der Waals surface area contributed by atoms with Gasteiger partial charge in [-0.25, -0.2) is 0 Å². The molecule has 6 heteroatoms. The molecule has 1 fully saturated rings. The van der Waals surface area contributed by atoms with Crippen molar-refractivity contribution in [1.82, 2.24) is 0 Å². The largest absolute Gasteiger partial charge is 0.462 e. The predicted molar refractivity (Wildman–Crippen MR) is 188 cm³/mol. The molecule has 1 aromatic carbocycles. The molecule has 244 valence electrons. The highest BCUT2D eigenvalue weighted by molar-refractivity contribution is 6.74. The third kappa shape index (κ3) is 11.4. The summed E-state index contributed by atoms with van der Waals surface area (Å²) in [4.78, 5) is 12.9. The average molecular weight is 629 g/mol. The monoisotopic (exact) mass is 628 g/mol. The van der Waals surface area contributed by atoms with Crippen LogP contribution in [0, 0.1) is 11.8 Å². The van der Waals surface area contributed by atoms with Gasteiger partial charge in [0.2, 0.25) is 0 Å². The Morgan fingerprint density at radius 1 is 0.907 bits per heavy atom. The van der Waals surface area contributed by atoms with Crippen LogP contribution in [0.15, 0.2) is 55.6 Å². The Hall–Kier alpha value is -1.48. The SMILES string of the molecule is C=CCCCC(=O)O[C@H]1C[C@@H](O[Si](C)(C)C(C)(C)C)[C@H](CC[C@H](CCc2ccccc2)O[Si](C)(C)C(C)(C)C)[C@H]1CC=C. The van der Waals surface area contributed by atoms with E-state index in [0.717, 1.165) is 51.4 Å². The lowest BCUT2D eigenvalue weighted by Crippen LogP contribution is -2.45. The number of hydrogen-bond donors (Lipinski definition) is 0. The number of hydrogen-bond acceptors (Lipinski definition) is 4. The minimum Gasteiger partial charge on any atom is -0.462 e. The van der Waals surface area contributed by atoms with Crippen LogP contribution in [0.1, 0.15) is 98.5 Å². The van der Waals surface area contributed by atoms with E-state index in [1.807, 2.05) is 12.2 Å². The van der Waals surface area contributed by atoms with Crippen molar-refractivity contribution in [3.05, 3.63) is 61.2 Å². The predicted octanol–water partition coefficient (Wildman–Crippen LogP) is 10.7. The minimum atomic E-state index is -2.04. The first-order chi connectivity index (χ1) is 19.9. The molecule has 0 bridgehead atoms. The Bertz CT molecular complexity index is 1010. The van der Waals surface area contributed by atoms with Crippen LogP contribution in [0.5, 0.6) is 0 Å². The zero-order chi connectivity index (χ0) is 32.5. The molecule has 1 aliphatic rings. The van der Waals surface area contributed by atoms with Gasteiger partial charge in [-0.3, -0.25) is 4.79 Å². The van der Waals surface area contributed by atoms with Crippen molar-refractivity contribution in [3.8, 4) is 0 Å². The molecule has 0 spiro atoms. The van der Waals surface area contributed by atoms with E-state index in [4.69, 9.17) is 13.6 Å². The summed E-state index contributed by atoms with van der Waals surface area (Å²) in [6.45, 7) is 31.2. The summed E-state index contributed by atoms with van der Waals surface area (Å²) in [5.41, 5.74) is 1.36. The highest BCUT2D eigenvalue weighted by Crippen LogP contribution is 2.47. The minimum absolute atomic E-state index is 0.0689. The number of ether oxygens (including phenoxy) is 1. The Balaban J connectivity index is 2.33. The number of rotatable bonds is 17. The first-order valence-electron chi connectivity index (χ1n) is 16.7. The molecule has 0 heterocycles. The molecule has 0 aromatic heterocycles. The molecule has 2 rings (SSSR count). The van der Waals surface area contributed by atoms with Crippen molar-refractivity contribution in [2.45, 2.75) is 154 Å². The maximum atomic E-state index is 12.9. The fraction of sp³-hybridized carbons (Fsp3) is 0.703. The summed E-state index contributed by atoms with van der Waals surface area (Å²) in [6.07, 6.45) is 11.6. The molecule has 0 radical (unpaired) electrons. The van der Waals surface area contributed by atoms with Gasteiger partial charge in [-0.2, -0.15) is 0 Å². The van der Waals surface area contributed by atoms with Crippen LogP contribution in [0.25, 0.3) is 0 Å². The normalized spacial score (nSPS) is 22.3. The fourth-order valence-corrected chi connectivity index (χ4v) is 8.50. The van der Waals surface area contributed by atoms with E-state index in [2.05, 4.69) is 111 Å². The van der Waals surface area contributed by atoms with Crippen LogP contribution in [0.3, 0.4) is 0 Å². The number of unbranched alkanes of at least 4 members (excludes halogenated alkanes) is 1. The summed E-state index contributed by atoms with van der Waals surface area (Å²) in [7, 11) is -4.00. The maximum Gasteiger partial charge on any atom is 0.306 e. The quantitative estimate of drug-likeness (QED) is 0.0745. The zero-order valence-corrected chi connectivity index (χ0v) is 31.3. The maximum absolute atomic E-state index is 12.9. The van der Waals surface area contributed by atoms with Gasteiger partial charge in [0.25, 0.3) is 0 Å². The molecule has 0 N–H and O–H groups in total. The van der Waals surface area contributed by atoms with Crippen LogP contribution in [-0.4, -0.2) is 40.9 Å². The standard InChI is InChI=1S/C37H64O4Si2/c1-13-15-17-23-35(38)39-33-28-34(41-43(11,12)37(6,7)8)32(31(33)20-14-2)27-26-30(40-42(9,10)36(3,4)5)25-24-29-21-18-16-19-22-29/h13-14,16,18-19,21-22,30-34H,1-2,15,17,20,23-28H2,3-12H3/t30-,31+,32+,33-,34+/m0/s1. The summed E-state index contributed by atoms with van der Waals surface area (Å²) >= 11 is 0. The van der Waals surface area contributed by atoms with E-state index in [0.29, 0.717) is 12.3 Å². The van der Waals surface area contributed by atoms with E-state index in [-0.39, 0.29) is 40.3 Å². The Labute approximate surface area is 267 Å². The van der Waals surface area contributed by atoms with Gasteiger partial charge < -0.3 is 13.6 Å². The van der Waals surface area contributed by atoms with Gasteiger partial charge in [-0.1, -0.05) is 84.0 Å². The summed E-state index contributed by atoms with van der Waals surface area (Å²) in [6, 6.07) is 10.8. The third-order valence-corrected chi connectivity index (χ3v) is 19.5. The molecule has 4 nitrogen and oxygen atoms in total. The van der Waals surface area contributed by atoms with E-state index in [9.17, 15) is 4.79 Å². The van der Waals surface area contributed by atoms with Crippen molar-refractivity contribution in [2.24, 2.45) is 11.8 Å².